The third kappa shape index (κ3) is 4.07. The molecule has 8 nitrogen and oxygen atoms in total. The maximum Gasteiger partial charge on any atom is 0.419 e. The van der Waals surface area contributed by atoms with Crippen LogP contribution in [0.4, 0.5) is 24.8 Å². The summed E-state index contributed by atoms with van der Waals surface area (Å²) < 4.78 is 43.5. The van der Waals surface area contributed by atoms with Crippen molar-refractivity contribution in [2.45, 2.75) is 25.1 Å². The summed E-state index contributed by atoms with van der Waals surface area (Å²) in [7, 11) is 3.62. The topological polar surface area (TPSA) is 95.5 Å². The third-order valence-electron chi connectivity index (χ3n) is 6.10. The molecule has 0 amide bonds. The van der Waals surface area contributed by atoms with Gasteiger partial charge in [-0.2, -0.15) is 18.3 Å². The van der Waals surface area contributed by atoms with Crippen molar-refractivity contribution in [3.05, 3.63) is 42.5 Å². The number of nitrogens with zero attached hydrogens (tertiary/aromatic N) is 4. The minimum atomic E-state index is -4.60. The monoisotopic (exact) mass is 470 g/mol. The molecule has 1 aromatic carbocycles. The molecule has 178 valence electrons. The predicted molar refractivity (Wildman–Crippen MR) is 126 cm³/mol. The summed E-state index contributed by atoms with van der Waals surface area (Å²) in [6.45, 7) is 1.65. The molecule has 1 atom stereocenters. The van der Waals surface area contributed by atoms with Crippen LogP contribution in [0, 0.1) is 0 Å². The zero-order chi connectivity index (χ0) is 23.9. The van der Waals surface area contributed by atoms with Gasteiger partial charge in [0.15, 0.2) is 0 Å². The van der Waals surface area contributed by atoms with Gasteiger partial charge in [0, 0.05) is 73.0 Å². The van der Waals surface area contributed by atoms with E-state index in [1.807, 2.05) is 19.3 Å². The van der Waals surface area contributed by atoms with Crippen LogP contribution in [0.5, 0.6) is 0 Å². The lowest BCUT2D eigenvalue weighted by Gasteiger charge is -2.24. The molecule has 1 aliphatic heterocycles. The van der Waals surface area contributed by atoms with E-state index in [4.69, 9.17) is 0 Å². The van der Waals surface area contributed by atoms with Gasteiger partial charge in [-0.3, -0.25) is 4.68 Å². The van der Waals surface area contributed by atoms with Gasteiger partial charge in [0.05, 0.1) is 17.4 Å². The number of benzene rings is 1. The van der Waals surface area contributed by atoms with E-state index in [1.54, 1.807) is 30.2 Å². The van der Waals surface area contributed by atoms with E-state index in [0.717, 1.165) is 42.4 Å². The second-order valence-electron chi connectivity index (χ2n) is 8.41. The summed E-state index contributed by atoms with van der Waals surface area (Å²) in [6, 6.07) is 3.72. The van der Waals surface area contributed by atoms with E-state index in [2.05, 4.69) is 36.0 Å². The predicted octanol–water partition coefficient (Wildman–Crippen LogP) is 4.25. The number of aromatic amines is 1. The maximum atomic E-state index is 14.0. The summed E-state index contributed by atoms with van der Waals surface area (Å²) in [5, 5.41) is 14.5. The summed E-state index contributed by atoms with van der Waals surface area (Å²) in [5.41, 5.74) is 2.54. The minimum absolute atomic E-state index is 0.0664. The number of aryl methyl sites for hydroxylation is 1. The van der Waals surface area contributed by atoms with Crippen LogP contribution in [0.2, 0.25) is 0 Å². The van der Waals surface area contributed by atoms with Gasteiger partial charge in [-0.25, -0.2) is 9.97 Å². The van der Waals surface area contributed by atoms with Gasteiger partial charge in [-0.05, 0) is 25.5 Å². The second kappa shape index (κ2) is 8.64. The van der Waals surface area contributed by atoms with Crippen LogP contribution < -0.4 is 16.0 Å². The Balaban J connectivity index is 1.65. The molecule has 4 aromatic rings. The number of alkyl halides is 3. The van der Waals surface area contributed by atoms with Crippen LogP contribution in [0.15, 0.2) is 36.9 Å². The number of anilines is 2. The van der Waals surface area contributed by atoms with E-state index in [9.17, 15) is 13.2 Å². The highest BCUT2D eigenvalue weighted by atomic mass is 19.4. The van der Waals surface area contributed by atoms with Crippen LogP contribution >= 0.6 is 0 Å². The van der Waals surface area contributed by atoms with E-state index in [-0.39, 0.29) is 17.7 Å². The summed E-state index contributed by atoms with van der Waals surface area (Å²) in [5.74, 6) is 0.186. The van der Waals surface area contributed by atoms with Crippen molar-refractivity contribution in [1.82, 2.24) is 30.0 Å². The molecule has 11 heteroatoms. The third-order valence-corrected chi connectivity index (χ3v) is 6.10. The molecule has 0 spiro atoms. The number of H-pyrrole nitrogens is 1. The summed E-state index contributed by atoms with van der Waals surface area (Å²) in [6.07, 6.45) is 3.32. The molecule has 0 bridgehead atoms. The Morgan fingerprint density at radius 3 is 2.74 bits per heavy atom. The molecular formula is C23H25F3N8. The minimum Gasteiger partial charge on any atom is -0.388 e. The van der Waals surface area contributed by atoms with Gasteiger partial charge in [-0.1, -0.05) is 6.07 Å². The molecule has 5 rings (SSSR count). The van der Waals surface area contributed by atoms with Crippen molar-refractivity contribution in [3.8, 4) is 22.4 Å². The summed E-state index contributed by atoms with van der Waals surface area (Å²) in [4.78, 5) is 11.5. The Morgan fingerprint density at radius 1 is 1.21 bits per heavy atom. The average molecular weight is 471 g/mol. The van der Waals surface area contributed by atoms with Crippen molar-refractivity contribution in [1.29, 1.82) is 0 Å². The molecule has 4 heterocycles. The lowest BCUT2D eigenvalue weighted by molar-refractivity contribution is -0.137. The van der Waals surface area contributed by atoms with E-state index in [0.29, 0.717) is 23.0 Å². The normalized spacial score (nSPS) is 16.7. The Bertz CT molecular complexity index is 1320. The zero-order valence-electron chi connectivity index (χ0n) is 18.8. The molecule has 4 N–H and O–H groups in total. The van der Waals surface area contributed by atoms with Crippen molar-refractivity contribution in [3.63, 3.8) is 0 Å². The lowest BCUT2D eigenvalue weighted by atomic mass is 10.00. The molecule has 3 aromatic heterocycles. The quantitative estimate of drug-likeness (QED) is 0.348. The first-order valence-corrected chi connectivity index (χ1v) is 11.1. The van der Waals surface area contributed by atoms with Crippen molar-refractivity contribution < 1.29 is 13.2 Å². The number of hydrogen-bond acceptors (Lipinski definition) is 6. The largest absolute Gasteiger partial charge is 0.419 e. The van der Waals surface area contributed by atoms with Crippen molar-refractivity contribution in [2.24, 2.45) is 7.05 Å². The number of fused-ring (bicyclic) bond motifs is 1. The SMILES string of the molecule is CNc1ccc2c(-c3nc(NC4CCCNC4)ncc3C(F)(F)F)c[nH]c2c1-c1cnn(C)c1. The Hall–Kier alpha value is -3.60. The fourth-order valence-electron chi connectivity index (χ4n) is 4.48. The van der Waals surface area contributed by atoms with E-state index < -0.39 is 11.7 Å². The zero-order valence-corrected chi connectivity index (χ0v) is 18.8. The van der Waals surface area contributed by atoms with Crippen molar-refractivity contribution >= 4 is 22.5 Å². The van der Waals surface area contributed by atoms with Crippen LogP contribution in [0.25, 0.3) is 33.3 Å². The highest BCUT2D eigenvalue weighted by Gasteiger charge is 2.36. The number of piperidine rings is 1. The molecule has 1 aliphatic rings. The van der Waals surface area contributed by atoms with E-state index >= 15 is 0 Å². The van der Waals surface area contributed by atoms with E-state index in [1.165, 1.54) is 0 Å². The summed E-state index contributed by atoms with van der Waals surface area (Å²) >= 11 is 0. The molecule has 34 heavy (non-hydrogen) atoms. The Labute approximate surface area is 194 Å². The Morgan fingerprint density at radius 2 is 2.06 bits per heavy atom. The highest BCUT2D eigenvalue weighted by molar-refractivity contribution is 6.06. The Kier molecular flexibility index (Phi) is 5.64. The van der Waals surface area contributed by atoms with Gasteiger partial charge in [0.1, 0.15) is 5.56 Å². The van der Waals surface area contributed by atoms with Crippen LogP contribution in [-0.4, -0.2) is 50.9 Å². The standard InChI is InChI=1S/C23H25F3N8/c1-27-18-6-5-15-16(10-29-21(15)19(18)13-8-31-34(2)12-13)20-17(23(24,25)26)11-30-22(33-20)32-14-4-3-7-28-9-14/h5-6,8,10-12,14,27-29H,3-4,7,9H2,1-2H3,(H,30,32,33). The van der Waals surface area contributed by atoms with Crippen molar-refractivity contribution in [2.75, 3.05) is 30.8 Å². The molecule has 1 saturated heterocycles. The number of rotatable bonds is 5. The molecular weight excluding hydrogens is 445 g/mol. The van der Waals surface area contributed by atoms with Gasteiger partial charge < -0.3 is 20.9 Å². The average Bonchev–Trinajstić information content (AvgIpc) is 3.44. The fraction of sp³-hybridized carbons (Fsp3) is 0.348. The fourth-order valence-corrected chi connectivity index (χ4v) is 4.48. The second-order valence-corrected chi connectivity index (χ2v) is 8.41. The van der Waals surface area contributed by atoms with Gasteiger partial charge in [0.2, 0.25) is 5.95 Å². The molecule has 0 saturated carbocycles. The highest BCUT2D eigenvalue weighted by Crippen LogP contribution is 2.42. The first-order valence-electron chi connectivity index (χ1n) is 11.1. The van der Waals surface area contributed by atoms with Crippen LogP contribution in [0.1, 0.15) is 18.4 Å². The lowest BCUT2D eigenvalue weighted by Crippen LogP contribution is -2.38. The van der Waals surface area contributed by atoms with Gasteiger partial charge in [0.25, 0.3) is 0 Å². The first-order chi connectivity index (χ1) is 16.3. The first kappa shape index (κ1) is 22.2. The molecule has 1 unspecified atom stereocenters. The molecule has 1 fully saturated rings. The number of hydrogen-bond donors (Lipinski definition) is 4. The number of aromatic nitrogens is 5. The maximum absolute atomic E-state index is 14.0. The number of halogens is 3. The smallest absolute Gasteiger partial charge is 0.388 e. The van der Waals surface area contributed by atoms with Gasteiger partial charge in [-0.15, -0.1) is 0 Å². The van der Waals surface area contributed by atoms with Crippen LogP contribution in [-0.2, 0) is 13.2 Å². The molecule has 0 radical (unpaired) electrons. The number of nitrogens with one attached hydrogen (secondary N) is 4. The molecule has 0 aliphatic carbocycles. The van der Waals surface area contributed by atoms with Gasteiger partial charge >= 0.3 is 6.18 Å². The van der Waals surface area contributed by atoms with Crippen LogP contribution in [0.3, 0.4) is 0 Å².